The van der Waals surface area contributed by atoms with E-state index in [1.54, 1.807) is 0 Å². The standard InChI is InChI=1S/C8H3F5O3/c9-2-1-3(16-7(13)8(14)15)5(11)6(12)4(2)10/h1,7H,(H,14,15). The Bertz CT molecular complexity index is 434. The Morgan fingerprint density at radius 2 is 1.75 bits per heavy atom. The van der Waals surface area contributed by atoms with Crippen molar-refractivity contribution in [1.82, 2.24) is 0 Å². The zero-order chi connectivity index (χ0) is 12.5. The molecule has 1 N–H and O–H groups in total. The molecule has 8 heteroatoms. The van der Waals surface area contributed by atoms with Crippen molar-refractivity contribution in [2.75, 3.05) is 0 Å². The maximum atomic E-state index is 12.8. The zero-order valence-corrected chi connectivity index (χ0v) is 7.31. The molecule has 1 unspecified atom stereocenters. The summed E-state index contributed by atoms with van der Waals surface area (Å²) >= 11 is 0. The number of halogens is 5. The minimum Gasteiger partial charge on any atom is -0.476 e. The average Bonchev–Trinajstić information content (AvgIpc) is 2.22. The van der Waals surface area contributed by atoms with Crippen molar-refractivity contribution >= 4 is 5.97 Å². The van der Waals surface area contributed by atoms with Crippen LogP contribution in [0.2, 0.25) is 0 Å². The van der Waals surface area contributed by atoms with Gasteiger partial charge in [0.15, 0.2) is 17.4 Å². The van der Waals surface area contributed by atoms with Crippen LogP contribution in [-0.2, 0) is 4.79 Å². The van der Waals surface area contributed by atoms with Crippen LogP contribution >= 0.6 is 0 Å². The van der Waals surface area contributed by atoms with Gasteiger partial charge in [0.25, 0.3) is 0 Å². The van der Waals surface area contributed by atoms with Gasteiger partial charge in [-0.15, -0.1) is 0 Å². The zero-order valence-electron chi connectivity index (χ0n) is 7.31. The quantitative estimate of drug-likeness (QED) is 0.501. The summed E-state index contributed by atoms with van der Waals surface area (Å²) in [4.78, 5) is 9.97. The number of aliphatic carboxylic acids is 1. The monoisotopic (exact) mass is 242 g/mol. The molecule has 1 rings (SSSR count). The fourth-order valence-corrected chi connectivity index (χ4v) is 0.799. The average molecular weight is 242 g/mol. The number of ether oxygens (including phenoxy) is 1. The van der Waals surface area contributed by atoms with Gasteiger partial charge in [0.1, 0.15) is 0 Å². The van der Waals surface area contributed by atoms with Gasteiger partial charge >= 0.3 is 12.3 Å². The third-order valence-corrected chi connectivity index (χ3v) is 1.49. The van der Waals surface area contributed by atoms with E-state index in [4.69, 9.17) is 5.11 Å². The van der Waals surface area contributed by atoms with E-state index in [9.17, 15) is 26.7 Å². The Kier molecular flexibility index (Phi) is 3.31. The summed E-state index contributed by atoms with van der Waals surface area (Å²) in [5.74, 6) is -11.6. The molecule has 0 bridgehead atoms. The van der Waals surface area contributed by atoms with Gasteiger partial charge in [0.2, 0.25) is 11.6 Å². The highest BCUT2D eigenvalue weighted by Gasteiger charge is 2.24. The van der Waals surface area contributed by atoms with Crippen LogP contribution in [0.1, 0.15) is 0 Å². The van der Waals surface area contributed by atoms with Crippen molar-refractivity contribution in [2.45, 2.75) is 6.36 Å². The Balaban J connectivity index is 3.11. The molecule has 1 aromatic carbocycles. The molecular weight excluding hydrogens is 239 g/mol. The summed E-state index contributed by atoms with van der Waals surface area (Å²) in [6.07, 6.45) is -3.02. The maximum absolute atomic E-state index is 12.8. The molecule has 0 saturated heterocycles. The van der Waals surface area contributed by atoms with E-state index in [0.29, 0.717) is 0 Å². The Morgan fingerprint density at radius 3 is 2.25 bits per heavy atom. The van der Waals surface area contributed by atoms with Crippen molar-refractivity contribution in [3.63, 3.8) is 0 Å². The number of carboxylic acid groups (broad SMARTS) is 1. The number of benzene rings is 1. The van der Waals surface area contributed by atoms with E-state index in [1.807, 2.05) is 0 Å². The molecule has 88 valence electrons. The second-order valence-corrected chi connectivity index (χ2v) is 2.57. The van der Waals surface area contributed by atoms with Crippen molar-refractivity contribution in [1.29, 1.82) is 0 Å². The second kappa shape index (κ2) is 4.33. The largest absolute Gasteiger partial charge is 0.476 e. The Morgan fingerprint density at radius 1 is 1.19 bits per heavy atom. The lowest BCUT2D eigenvalue weighted by Crippen LogP contribution is -2.22. The number of carbonyl (C=O) groups is 1. The van der Waals surface area contributed by atoms with E-state index in [1.165, 1.54) is 0 Å². The first-order valence-electron chi connectivity index (χ1n) is 3.71. The molecule has 0 aromatic heterocycles. The van der Waals surface area contributed by atoms with Gasteiger partial charge in [0, 0.05) is 6.07 Å². The SMILES string of the molecule is O=C(O)C(F)Oc1cc(F)c(F)c(F)c1F. The Hall–Kier alpha value is -1.86. The van der Waals surface area contributed by atoms with E-state index in [-0.39, 0.29) is 6.07 Å². The van der Waals surface area contributed by atoms with Crippen LogP contribution in [-0.4, -0.2) is 17.4 Å². The highest BCUT2D eigenvalue weighted by Crippen LogP contribution is 2.25. The first kappa shape index (κ1) is 12.2. The molecule has 1 atom stereocenters. The van der Waals surface area contributed by atoms with Gasteiger partial charge < -0.3 is 9.84 Å². The summed E-state index contributed by atoms with van der Waals surface area (Å²) in [5.41, 5.74) is 0. The molecule has 0 fully saturated rings. The van der Waals surface area contributed by atoms with Crippen LogP contribution in [0.3, 0.4) is 0 Å². The first-order valence-corrected chi connectivity index (χ1v) is 3.71. The number of hydrogen-bond donors (Lipinski definition) is 1. The normalized spacial score (nSPS) is 12.3. The van der Waals surface area contributed by atoms with Gasteiger partial charge in [-0.1, -0.05) is 0 Å². The first-order chi connectivity index (χ1) is 7.34. The van der Waals surface area contributed by atoms with Gasteiger partial charge in [-0.2, -0.15) is 8.78 Å². The van der Waals surface area contributed by atoms with Crippen LogP contribution in [0.25, 0.3) is 0 Å². The third kappa shape index (κ3) is 2.20. The number of rotatable bonds is 3. The summed E-state index contributed by atoms with van der Waals surface area (Å²) in [7, 11) is 0. The fourth-order valence-electron chi connectivity index (χ4n) is 0.799. The lowest BCUT2D eigenvalue weighted by molar-refractivity contribution is -0.153. The molecule has 0 aliphatic rings. The molecule has 0 aliphatic carbocycles. The maximum Gasteiger partial charge on any atom is 0.378 e. The van der Waals surface area contributed by atoms with Gasteiger partial charge in [-0.05, 0) is 0 Å². The molecule has 0 spiro atoms. The van der Waals surface area contributed by atoms with Crippen LogP contribution in [0.5, 0.6) is 5.75 Å². The van der Waals surface area contributed by atoms with Crippen LogP contribution in [0, 0.1) is 23.3 Å². The van der Waals surface area contributed by atoms with Crippen molar-refractivity contribution < 1.29 is 36.6 Å². The van der Waals surface area contributed by atoms with E-state index < -0.39 is 41.3 Å². The minimum absolute atomic E-state index is 0.00324. The molecule has 0 radical (unpaired) electrons. The molecular formula is C8H3F5O3. The summed E-state index contributed by atoms with van der Waals surface area (Å²) in [6.45, 7) is 0. The predicted octanol–water partition coefficient (Wildman–Crippen LogP) is 2.00. The summed E-state index contributed by atoms with van der Waals surface area (Å²) < 4.78 is 66.5. The van der Waals surface area contributed by atoms with Gasteiger partial charge in [-0.25, -0.2) is 18.0 Å². The van der Waals surface area contributed by atoms with E-state index >= 15 is 0 Å². The highest BCUT2D eigenvalue weighted by molar-refractivity contribution is 5.70. The number of alkyl halides is 1. The molecule has 0 amide bonds. The fraction of sp³-hybridized carbons (Fsp3) is 0.125. The molecule has 3 nitrogen and oxygen atoms in total. The topological polar surface area (TPSA) is 46.5 Å². The van der Waals surface area contributed by atoms with Gasteiger partial charge in [0.05, 0.1) is 0 Å². The molecule has 0 aliphatic heterocycles. The van der Waals surface area contributed by atoms with Crippen LogP contribution in [0.4, 0.5) is 22.0 Å². The second-order valence-electron chi connectivity index (χ2n) is 2.57. The predicted molar refractivity (Wildman–Crippen MR) is 39.4 cm³/mol. The van der Waals surface area contributed by atoms with E-state index in [2.05, 4.69) is 4.74 Å². The molecule has 0 saturated carbocycles. The smallest absolute Gasteiger partial charge is 0.378 e. The Labute approximate surface area is 85.1 Å². The lowest BCUT2D eigenvalue weighted by Gasteiger charge is -2.09. The summed E-state index contributed by atoms with van der Waals surface area (Å²) in [6, 6.07) is 0.00324. The molecule has 0 heterocycles. The number of hydrogen-bond acceptors (Lipinski definition) is 2. The van der Waals surface area contributed by atoms with Crippen molar-refractivity contribution in [3.8, 4) is 5.75 Å². The van der Waals surface area contributed by atoms with Gasteiger partial charge in [-0.3, -0.25) is 0 Å². The summed E-state index contributed by atoms with van der Waals surface area (Å²) in [5, 5.41) is 8.04. The van der Waals surface area contributed by atoms with Crippen LogP contribution < -0.4 is 4.74 Å². The minimum atomic E-state index is -3.02. The van der Waals surface area contributed by atoms with Crippen molar-refractivity contribution in [3.05, 3.63) is 29.3 Å². The number of carboxylic acids is 1. The molecule has 1 aromatic rings. The molecule has 16 heavy (non-hydrogen) atoms. The van der Waals surface area contributed by atoms with Crippen molar-refractivity contribution in [2.24, 2.45) is 0 Å². The van der Waals surface area contributed by atoms with E-state index in [0.717, 1.165) is 0 Å². The lowest BCUT2D eigenvalue weighted by atomic mass is 10.3. The highest BCUT2D eigenvalue weighted by atomic mass is 19.2. The third-order valence-electron chi connectivity index (χ3n) is 1.49. The van der Waals surface area contributed by atoms with Crippen LogP contribution in [0.15, 0.2) is 6.07 Å².